The molecule has 0 spiro atoms. The summed E-state index contributed by atoms with van der Waals surface area (Å²) in [5, 5.41) is 10.4. The summed E-state index contributed by atoms with van der Waals surface area (Å²) in [5.41, 5.74) is 2.70. The highest BCUT2D eigenvalue weighted by molar-refractivity contribution is 7.18. The molecule has 176 valence electrons. The predicted octanol–water partition coefficient (Wildman–Crippen LogP) is 4.92. The van der Waals surface area contributed by atoms with Crippen LogP contribution in [0.2, 0.25) is 0 Å². The average molecular weight is 494 g/mol. The van der Waals surface area contributed by atoms with Gasteiger partial charge in [-0.25, -0.2) is 14.5 Å². The monoisotopic (exact) mass is 493 g/mol. The van der Waals surface area contributed by atoms with Gasteiger partial charge in [-0.05, 0) is 43.7 Å². The predicted molar refractivity (Wildman–Crippen MR) is 141 cm³/mol. The fraction of sp³-hybridized carbons (Fsp3) is 0.0741. The molecule has 0 aliphatic carbocycles. The van der Waals surface area contributed by atoms with Crippen molar-refractivity contribution in [3.05, 3.63) is 110 Å². The van der Waals surface area contributed by atoms with Crippen molar-refractivity contribution in [1.82, 2.24) is 19.4 Å². The van der Waals surface area contributed by atoms with E-state index in [1.54, 1.807) is 23.0 Å². The number of aromatic nitrogens is 4. The summed E-state index contributed by atoms with van der Waals surface area (Å²) in [7, 11) is 0. The molecule has 0 saturated heterocycles. The van der Waals surface area contributed by atoms with E-state index in [9.17, 15) is 9.59 Å². The maximum atomic E-state index is 13.1. The minimum absolute atomic E-state index is 0.250. The maximum absolute atomic E-state index is 13.1. The van der Waals surface area contributed by atoms with Crippen molar-refractivity contribution >= 4 is 38.7 Å². The van der Waals surface area contributed by atoms with Crippen molar-refractivity contribution in [2.45, 2.75) is 13.8 Å². The number of fused-ring (bicyclic) bond motifs is 2. The smallest absolute Gasteiger partial charge is 0.345 e. The van der Waals surface area contributed by atoms with Crippen molar-refractivity contribution in [3.63, 3.8) is 0 Å². The first-order valence-electron chi connectivity index (χ1n) is 11.2. The third-order valence-corrected chi connectivity index (χ3v) is 7.17. The third kappa shape index (κ3) is 3.66. The second-order valence-corrected chi connectivity index (χ2v) is 9.50. The van der Waals surface area contributed by atoms with Crippen LogP contribution in [0.3, 0.4) is 0 Å². The van der Waals surface area contributed by atoms with Gasteiger partial charge in [0.15, 0.2) is 0 Å². The Morgan fingerprint density at radius 2 is 1.81 bits per heavy atom. The minimum Gasteiger partial charge on any atom is -0.422 e. The van der Waals surface area contributed by atoms with Gasteiger partial charge in [-0.1, -0.05) is 36.4 Å². The Bertz CT molecular complexity index is 1910. The highest BCUT2D eigenvalue weighted by Crippen LogP contribution is 2.26. The quantitative estimate of drug-likeness (QED) is 0.257. The van der Waals surface area contributed by atoms with E-state index in [4.69, 9.17) is 4.42 Å². The van der Waals surface area contributed by atoms with E-state index in [-0.39, 0.29) is 5.56 Å². The minimum atomic E-state index is -0.508. The van der Waals surface area contributed by atoms with Gasteiger partial charge >= 0.3 is 5.63 Å². The van der Waals surface area contributed by atoms with Gasteiger partial charge in [0, 0.05) is 22.0 Å². The zero-order chi connectivity index (χ0) is 24.8. The number of para-hydroxylation sites is 2. The second kappa shape index (κ2) is 8.54. The molecule has 6 rings (SSSR count). The summed E-state index contributed by atoms with van der Waals surface area (Å²) in [6, 6.07) is 18.6. The van der Waals surface area contributed by atoms with Gasteiger partial charge in [-0.15, -0.1) is 11.3 Å². The van der Waals surface area contributed by atoms with Crippen molar-refractivity contribution in [2.75, 3.05) is 0 Å². The van der Waals surface area contributed by atoms with Crippen molar-refractivity contribution in [3.8, 4) is 16.9 Å². The highest BCUT2D eigenvalue weighted by Gasteiger charge is 2.17. The summed E-state index contributed by atoms with van der Waals surface area (Å²) < 4.78 is 8.42. The molecule has 4 heterocycles. The van der Waals surface area contributed by atoms with E-state index >= 15 is 0 Å². The van der Waals surface area contributed by atoms with Crippen molar-refractivity contribution in [2.24, 2.45) is 5.10 Å². The lowest BCUT2D eigenvalue weighted by molar-refractivity contribution is 0.563. The van der Waals surface area contributed by atoms with Crippen LogP contribution >= 0.6 is 11.3 Å². The Morgan fingerprint density at radius 3 is 2.64 bits per heavy atom. The standard InChI is InChI=1S/C27H19N5O3S/c1-16-17(2)36-25-23(16)26(33)32(15-28-25)29-13-19-14-31(20-9-4-3-5-10-20)30-24(19)21-12-18-8-6-7-11-22(18)35-27(21)34/h3-15H,1-2H3/b29-13+. The van der Waals surface area contributed by atoms with Crippen LogP contribution in [-0.4, -0.2) is 25.7 Å². The Kier molecular flexibility index (Phi) is 5.19. The lowest BCUT2D eigenvalue weighted by atomic mass is 10.1. The number of hydrogen-bond acceptors (Lipinski definition) is 7. The van der Waals surface area contributed by atoms with Crippen LogP contribution in [-0.2, 0) is 0 Å². The first-order chi connectivity index (χ1) is 17.5. The molecule has 0 atom stereocenters. The number of rotatable bonds is 4. The molecular weight excluding hydrogens is 474 g/mol. The van der Waals surface area contributed by atoms with E-state index in [1.807, 2.05) is 62.4 Å². The first kappa shape index (κ1) is 21.9. The summed E-state index contributed by atoms with van der Waals surface area (Å²) in [6.07, 6.45) is 4.68. The average Bonchev–Trinajstić information content (AvgIpc) is 3.44. The van der Waals surface area contributed by atoms with Gasteiger partial charge in [-0.3, -0.25) is 4.79 Å². The number of hydrogen-bond donors (Lipinski definition) is 0. The Balaban J connectivity index is 1.52. The first-order valence-corrected chi connectivity index (χ1v) is 12.0. The highest BCUT2D eigenvalue weighted by atomic mass is 32.1. The molecule has 4 aromatic heterocycles. The van der Waals surface area contributed by atoms with Gasteiger partial charge in [-0.2, -0.15) is 14.9 Å². The summed E-state index contributed by atoms with van der Waals surface area (Å²) in [6.45, 7) is 3.88. The van der Waals surface area contributed by atoms with E-state index in [0.29, 0.717) is 32.6 Å². The molecule has 0 radical (unpaired) electrons. The molecule has 0 unspecified atom stereocenters. The summed E-state index contributed by atoms with van der Waals surface area (Å²) in [4.78, 5) is 32.2. The zero-order valence-electron chi connectivity index (χ0n) is 19.4. The zero-order valence-corrected chi connectivity index (χ0v) is 20.2. The van der Waals surface area contributed by atoms with Crippen LogP contribution < -0.4 is 11.2 Å². The molecular formula is C27H19N5O3S. The molecule has 8 nitrogen and oxygen atoms in total. The van der Waals surface area contributed by atoms with Gasteiger partial charge in [0.05, 0.1) is 22.9 Å². The Morgan fingerprint density at radius 1 is 1.03 bits per heavy atom. The van der Waals surface area contributed by atoms with Gasteiger partial charge < -0.3 is 4.42 Å². The molecule has 36 heavy (non-hydrogen) atoms. The summed E-state index contributed by atoms with van der Waals surface area (Å²) >= 11 is 1.48. The van der Waals surface area contributed by atoms with Gasteiger partial charge in [0.1, 0.15) is 22.4 Å². The molecule has 6 aromatic rings. The van der Waals surface area contributed by atoms with Gasteiger partial charge in [0.2, 0.25) is 0 Å². The molecule has 0 N–H and O–H groups in total. The number of aryl methyl sites for hydroxylation is 2. The lowest BCUT2D eigenvalue weighted by Crippen LogP contribution is -2.17. The Labute approximate surface area is 208 Å². The molecule has 0 saturated carbocycles. The normalized spacial score (nSPS) is 11.7. The van der Waals surface area contributed by atoms with Crippen LogP contribution in [0.1, 0.15) is 16.0 Å². The van der Waals surface area contributed by atoms with Crippen LogP contribution in [0, 0.1) is 13.8 Å². The Hall–Kier alpha value is -4.63. The fourth-order valence-corrected chi connectivity index (χ4v) is 5.05. The summed E-state index contributed by atoms with van der Waals surface area (Å²) in [5.74, 6) is 0. The van der Waals surface area contributed by atoms with E-state index < -0.39 is 5.63 Å². The van der Waals surface area contributed by atoms with Crippen LogP contribution in [0.5, 0.6) is 0 Å². The molecule has 9 heteroatoms. The largest absolute Gasteiger partial charge is 0.422 e. The molecule has 2 aromatic carbocycles. The lowest BCUT2D eigenvalue weighted by Gasteiger charge is -2.02. The van der Waals surface area contributed by atoms with Crippen LogP contribution in [0.25, 0.3) is 38.1 Å². The number of benzene rings is 2. The molecule has 0 bridgehead atoms. The molecule has 0 amide bonds. The van der Waals surface area contributed by atoms with Crippen LogP contribution in [0.4, 0.5) is 0 Å². The van der Waals surface area contributed by atoms with Crippen molar-refractivity contribution < 1.29 is 4.42 Å². The van der Waals surface area contributed by atoms with Gasteiger partial charge in [0.25, 0.3) is 5.56 Å². The molecule has 0 fully saturated rings. The number of thiophene rings is 1. The van der Waals surface area contributed by atoms with E-state index in [0.717, 1.165) is 21.5 Å². The third-order valence-electron chi connectivity index (χ3n) is 6.05. The van der Waals surface area contributed by atoms with Crippen molar-refractivity contribution in [1.29, 1.82) is 0 Å². The van der Waals surface area contributed by atoms with Crippen LogP contribution in [0.15, 0.2) is 92.3 Å². The molecule has 0 aliphatic heterocycles. The van der Waals surface area contributed by atoms with E-state index in [1.165, 1.54) is 28.6 Å². The number of nitrogens with zero attached hydrogens (tertiary/aromatic N) is 5. The van der Waals surface area contributed by atoms with E-state index in [2.05, 4.69) is 15.2 Å². The second-order valence-electron chi connectivity index (χ2n) is 8.30. The topological polar surface area (TPSA) is 95.3 Å². The maximum Gasteiger partial charge on any atom is 0.345 e. The fourth-order valence-electron chi connectivity index (χ4n) is 4.06. The SMILES string of the molecule is Cc1sc2ncn(/N=C/c3cn(-c4ccccc4)nc3-c3cc4ccccc4oc3=O)c(=O)c2c1C. The molecule has 0 aliphatic rings.